The summed E-state index contributed by atoms with van der Waals surface area (Å²) in [7, 11) is 0. The van der Waals surface area contributed by atoms with Crippen molar-refractivity contribution < 1.29 is 0 Å². The molecule has 0 aromatic rings. The summed E-state index contributed by atoms with van der Waals surface area (Å²) in [6.45, 7) is 11.6. The van der Waals surface area contributed by atoms with E-state index in [2.05, 4.69) is 34.6 Å². The highest BCUT2D eigenvalue weighted by Gasteiger charge is 2.22. The summed E-state index contributed by atoms with van der Waals surface area (Å²) in [6, 6.07) is 0. The van der Waals surface area contributed by atoms with Crippen LogP contribution in [0.4, 0.5) is 0 Å². The zero-order chi connectivity index (χ0) is 13.8. The van der Waals surface area contributed by atoms with Crippen molar-refractivity contribution in [1.82, 2.24) is 0 Å². The van der Waals surface area contributed by atoms with E-state index in [4.69, 9.17) is 0 Å². The Labute approximate surface area is 117 Å². The first-order valence-electron chi connectivity index (χ1n) is 8.65. The van der Waals surface area contributed by atoms with Gasteiger partial charge in [0.05, 0.1) is 0 Å². The normalized spacial score (nSPS) is 25.2. The Kier molecular flexibility index (Phi) is 12.1. The van der Waals surface area contributed by atoms with E-state index >= 15 is 0 Å². The van der Waals surface area contributed by atoms with E-state index in [9.17, 15) is 0 Å². The Morgan fingerprint density at radius 3 is 1.72 bits per heavy atom. The van der Waals surface area contributed by atoms with Gasteiger partial charge in [-0.3, -0.25) is 0 Å². The van der Waals surface area contributed by atoms with Crippen LogP contribution >= 0.6 is 0 Å². The molecule has 0 heterocycles. The van der Waals surface area contributed by atoms with Crippen LogP contribution in [0.25, 0.3) is 0 Å². The first-order valence-corrected chi connectivity index (χ1v) is 8.65. The average molecular weight is 255 g/mol. The molecular formula is C18H38. The number of hydrogen-bond donors (Lipinski definition) is 0. The SMILES string of the molecule is CCCC(C)C1CCC(C)CC1.CCCCCC. The summed E-state index contributed by atoms with van der Waals surface area (Å²) < 4.78 is 0. The lowest BCUT2D eigenvalue weighted by Gasteiger charge is -2.30. The second-order valence-corrected chi connectivity index (χ2v) is 6.49. The maximum absolute atomic E-state index is 2.45. The second-order valence-electron chi connectivity index (χ2n) is 6.49. The average Bonchev–Trinajstić information content (AvgIpc) is 2.38. The molecule has 18 heavy (non-hydrogen) atoms. The highest BCUT2D eigenvalue weighted by atomic mass is 14.3. The van der Waals surface area contributed by atoms with Gasteiger partial charge in [-0.05, 0) is 30.6 Å². The molecule has 110 valence electrons. The fourth-order valence-electron chi connectivity index (χ4n) is 3.05. The Morgan fingerprint density at radius 2 is 1.33 bits per heavy atom. The smallest absolute Gasteiger partial charge is 0.0388 e. The molecule has 0 aromatic heterocycles. The molecule has 0 N–H and O–H groups in total. The molecule has 0 bridgehead atoms. The van der Waals surface area contributed by atoms with Crippen molar-refractivity contribution in [1.29, 1.82) is 0 Å². The third-order valence-corrected chi connectivity index (χ3v) is 4.57. The molecule has 1 fully saturated rings. The Balaban J connectivity index is 0.000000411. The zero-order valence-electron chi connectivity index (χ0n) is 13.8. The first kappa shape index (κ1) is 18.0. The predicted octanol–water partition coefficient (Wildman–Crippen LogP) is 6.84. The van der Waals surface area contributed by atoms with Crippen LogP contribution in [-0.4, -0.2) is 0 Å². The summed E-state index contributed by atoms with van der Waals surface area (Å²) in [5, 5.41) is 0. The molecule has 0 aromatic carbocycles. The van der Waals surface area contributed by atoms with Crippen LogP contribution in [0.15, 0.2) is 0 Å². The molecule has 1 aliphatic rings. The van der Waals surface area contributed by atoms with Gasteiger partial charge < -0.3 is 0 Å². The number of unbranched alkanes of at least 4 members (excludes halogenated alkanes) is 3. The van der Waals surface area contributed by atoms with Gasteiger partial charge in [0.15, 0.2) is 0 Å². The van der Waals surface area contributed by atoms with Crippen molar-refractivity contribution in [3.05, 3.63) is 0 Å². The van der Waals surface area contributed by atoms with Gasteiger partial charge in [-0.1, -0.05) is 86.0 Å². The van der Waals surface area contributed by atoms with E-state index in [0.717, 1.165) is 17.8 Å². The molecule has 1 aliphatic carbocycles. The fourth-order valence-corrected chi connectivity index (χ4v) is 3.05. The molecular weight excluding hydrogens is 216 g/mol. The highest BCUT2D eigenvalue weighted by Crippen LogP contribution is 2.34. The van der Waals surface area contributed by atoms with E-state index in [1.54, 1.807) is 0 Å². The van der Waals surface area contributed by atoms with Crippen LogP contribution in [0.1, 0.15) is 98.8 Å². The van der Waals surface area contributed by atoms with Gasteiger partial charge in [0.1, 0.15) is 0 Å². The summed E-state index contributed by atoms with van der Waals surface area (Å²) in [6.07, 6.45) is 14.3. The van der Waals surface area contributed by atoms with Crippen molar-refractivity contribution in [3.8, 4) is 0 Å². The summed E-state index contributed by atoms with van der Waals surface area (Å²) in [5.41, 5.74) is 0. The third kappa shape index (κ3) is 9.00. The van der Waals surface area contributed by atoms with E-state index in [1.807, 2.05) is 0 Å². The Morgan fingerprint density at radius 1 is 0.833 bits per heavy atom. The fraction of sp³-hybridized carbons (Fsp3) is 1.00. The van der Waals surface area contributed by atoms with E-state index in [0.29, 0.717) is 0 Å². The van der Waals surface area contributed by atoms with Gasteiger partial charge in [-0.25, -0.2) is 0 Å². The lowest BCUT2D eigenvalue weighted by atomic mass is 9.76. The van der Waals surface area contributed by atoms with Crippen LogP contribution in [-0.2, 0) is 0 Å². The summed E-state index contributed by atoms with van der Waals surface area (Å²) in [5.74, 6) is 3.05. The van der Waals surface area contributed by atoms with Crippen LogP contribution in [0.3, 0.4) is 0 Å². The van der Waals surface area contributed by atoms with Gasteiger partial charge in [0.2, 0.25) is 0 Å². The molecule has 1 atom stereocenters. The standard InChI is InChI=1S/C12H24.C6H14/c1-4-5-11(3)12-8-6-10(2)7-9-12;1-3-5-6-4-2/h10-12H,4-9H2,1-3H3;3-6H2,1-2H3. The highest BCUT2D eigenvalue weighted by molar-refractivity contribution is 4.73. The first-order chi connectivity index (χ1) is 8.65. The molecule has 0 spiro atoms. The maximum atomic E-state index is 2.45. The largest absolute Gasteiger partial charge is 0.0654 e. The van der Waals surface area contributed by atoms with Crippen molar-refractivity contribution in [3.63, 3.8) is 0 Å². The lowest BCUT2D eigenvalue weighted by molar-refractivity contribution is 0.214. The summed E-state index contributed by atoms with van der Waals surface area (Å²) in [4.78, 5) is 0. The van der Waals surface area contributed by atoms with Gasteiger partial charge in [-0.2, -0.15) is 0 Å². The van der Waals surface area contributed by atoms with E-state index in [-0.39, 0.29) is 0 Å². The molecule has 0 heteroatoms. The van der Waals surface area contributed by atoms with Crippen molar-refractivity contribution in [2.75, 3.05) is 0 Å². The molecule has 1 unspecified atom stereocenters. The number of rotatable bonds is 6. The minimum atomic E-state index is 0.988. The van der Waals surface area contributed by atoms with Gasteiger partial charge >= 0.3 is 0 Å². The van der Waals surface area contributed by atoms with Crippen molar-refractivity contribution in [2.24, 2.45) is 17.8 Å². The van der Waals surface area contributed by atoms with Crippen LogP contribution in [0.2, 0.25) is 0 Å². The quantitative estimate of drug-likeness (QED) is 0.455. The van der Waals surface area contributed by atoms with Crippen molar-refractivity contribution >= 4 is 0 Å². The van der Waals surface area contributed by atoms with Gasteiger partial charge in [0, 0.05) is 0 Å². The molecule has 0 aliphatic heterocycles. The summed E-state index contributed by atoms with van der Waals surface area (Å²) >= 11 is 0. The Bertz CT molecular complexity index is 149. The third-order valence-electron chi connectivity index (χ3n) is 4.57. The zero-order valence-corrected chi connectivity index (χ0v) is 13.8. The van der Waals surface area contributed by atoms with Crippen LogP contribution in [0.5, 0.6) is 0 Å². The van der Waals surface area contributed by atoms with Crippen LogP contribution in [0, 0.1) is 17.8 Å². The Hall–Kier alpha value is 0. The van der Waals surface area contributed by atoms with Crippen molar-refractivity contribution in [2.45, 2.75) is 98.8 Å². The topological polar surface area (TPSA) is 0 Å². The van der Waals surface area contributed by atoms with Gasteiger partial charge in [-0.15, -0.1) is 0 Å². The minimum absolute atomic E-state index is 0.988. The minimum Gasteiger partial charge on any atom is -0.0654 e. The van der Waals surface area contributed by atoms with E-state index in [1.165, 1.54) is 64.2 Å². The predicted molar refractivity (Wildman–Crippen MR) is 85.0 cm³/mol. The van der Waals surface area contributed by atoms with E-state index < -0.39 is 0 Å². The molecule has 0 amide bonds. The number of hydrogen-bond acceptors (Lipinski definition) is 0. The second kappa shape index (κ2) is 12.1. The molecule has 1 rings (SSSR count). The molecule has 0 radical (unpaired) electrons. The lowest BCUT2D eigenvalue weighted by Crippen LogP contribution is -2.18. The monoisotopic (exact) mass is 254 g/mol. The molecule has 0 saturated heterocycles. The van der Waals surface area contributed by atoms with Gasteiger partial charge in [0.25, 0.3) is 0 Å². The van der Waals surface area contributed by atoms with Crippen LogP contribution < -0.4 is 0 Å². The maximum Gasteiger partial charge on any atom is -0.0388 e. The molecule has 1 saturated carbocycles. The molecule has 0 nitrogen and oxygen atoms in total.